The van der Waals surface area contributed by atoms with Gasteiger partial charge in [0.15, 0.2) is 5.96 Å². The summed E-state index contributed by atoms with van der Waals surface area (Å²) in [6.07, 6.45) is 0.861. The van der Waals surface area contributed by atoms with Crippen molar-refractivity contribution in [3.63, 3.8) is 0 Å². The van der Waals surface area contributed by atoms with E-state index >= 15 is 0 Å². The maximum atomic E-state index is 12.3. The normalized spacial score (nSPS) is 12.2. The van der Waals surface area contributed by atoms with Crippen LogP contribution < -0.4 is 15.4 Å². The van der Waals surface area contributed by atoms with E-state index in [9.17, 15) is 8.42 Å². The first-order chi connectivity index (χ1) is 13.8. The number of nitrogens with one attached hydrogen (secondary N) is 3. The summed E-state index contributed by atoms with van der Waals surface area (Å²) in [7, 11) is -3.59. The SMILES string of the molecule is CCNC(=NCCCn1nc(C)cc1C)NCCNS(=O)(=O)c1cccc(Cl)c1. The summed E-state index contributed by atoms with van der Waals surface area (Å²) in [5, 5.41) is 11.1. The largest absolute Gasteiger partial charge is 0.357 e. The van der Waals surface area contributed by atoms with Gasteiger partial charge in [-0.1, -0.05) is 17.7 Å². The van der Waals surface area contributed by atoms with Gasteiger partial charge in [0.05, 0.1) is 10.6 Å². The van der Waals surface area contributed by atoms with Crippen molar-refractivity contribution in [3.8, 4) is 0 Å². The highest BCUT2D eigenvalue weighted by Crippen LogP contribution is 2.14. The second-order valence-corrected chi connectivity index (χ2v) is 8.75. The number of aryl methyl sites for hydroxylation is 3. The number of benzene rings is 1. The van der Waals surface area contributed by atoms with Crippen LogP contribution in [0.15, 0.2) is 40.2 Å². The summed E-state index contributed by atoms with van der Waals surface area (Å²) >= 11 is 5.86. The minimum absolute atomic E-state index is 0.148. The fourth-order valence-electron chi connectivity index (χ4n) is 2.74. The Balaban J connectivity index is 1.78. The number of halogens is 1. The highest BCUT2D eigenvalue weighted by atomic mass is 35.5. The van der Waals surface area contributed by atoms with E-state index in [1.165, 1.54) is 12.1 Å². The van der Waals surface area contributed by atoms with Crippen molar-refractivity contribution in [2.75, 3.05) is 26.2 Å². The Morgan fingerprint density at radius 3 is 2.66 bits per heavy atom. The number of aliphatic imine (C=N–C) groups is 1. The second-order valence-electron chi connectivity index (χ2n) is 6.55. The van der Waals surface area contributed by atoms with Crippen molar-refractivity contribution in [2.24, 2.45) is 4.99 Å². The van der Waals surface area contributed by atoms with Crippen LogP contribution in [0.5, 0.6) is 0 Å². The number of sulfonamides is 1. The van der Waals surface area contributed by atoms with Crippen molar-refractivity contribution >= 4 is 27.6 Å². The molecule has 0 aliphatic carbocycles. The quantitative estimate of drug-likeness (QED) is 0.298. The van der Waals surface area contributed by atoms with Gasteiger partial charge < -0.3 is 10.6 Å². The van der Waals surface area contributed by atoms with Crippen LogP contribution in [0.25, 0.3) is 0 Å². The van der Waals surface area contributed by atoms with Crippen molar-refractivity contribution in [3.05, 3.63) is 46.7 Å². The molecule has 3 N–H and O–H groups in total. The highest BCUT2D eigenvalue weighted by molar-refractivity contribution is 7.89. The molecule has 0 bridgehead atoms. The van der Waals surface area contributed by atoms with Crippen molar-refractivity contribution in [1.82, 2.24) is 25.1 Å². The Morgan fingerprint density at radius 2 is 2.00 bits per heavy atom. The van der Waals surface area contributed by atoms with Gasteiger partial charge in [0.2, 0.25) is 10.0 Å². The highest BCUT2D eigenvalue weighted by Gasteiger charge is 2.13. The summed E-state index contributed by atoms with van der Waals surface area (Å²) < 4.78 is 29.1. The average Bonchev–Trinajstić information content (AvgIpc) is 2.99. The third-order valence-electron chi connectivity index (χ3n) is 4.06. The number of rotatable bonds is 10. The molecule has 0 saturated heterocycles. The maximum Gasteiger partial charge on any atom is 0.240 e. The Hall–Kier alpha value is -2.10. The van der Waals surface area contributed by atoms with Crippen LogP contribution in [0.2, 0.25) is 5.02 Å². The predicted molar refractivity (Wildman–Crippen MR) is 117 cm³/mol. The first kappa shape index (κ1) is 23.2. The van der Waals surface area contributed by atoms with E-state index in [0.717, 1.165) is 30.9 Å². The van der Waals surface area contributed by atoms with Crippen molar-refractivity contribution < 1.29 is 8.42 Å². The molecule has 0 fully saturated rings. The van der Waals surface area contributed by atoms with Crippen LogP contribution in [0.1, 0.15) is 24.7 Å². The van der Waals surface area contributed by atoms with Gasteiger partial charge in [-0.15, -0.1) is 0 Å². The monoisotopic (exact) mass is 440 g/mol. The molecular formula is C19H29ClN6O2S. The van der Waals surface area contributed by atoms with E-state index < -0.39 is 10.0 Å². The molecule has 10 heteroatoms. The third kappa shape index (κ3) is 7.68. The lowest BCUT2D eigenvalue weighted by Gasteiger charge is -2.12. The molecule has 1 heterocycles. The number of guanidine groups is 1. The average molecular weight is 441 g/mol. The lowest BCUT2D eigenvalue weighted by Crippen LogP contribution is -2.41. The molecule has 2 aromatic rings. The fourth-order valence-corrected chi connectivity index (χ4v) is 4.07. The van der Waals surface area contributed by atoms with E-state index in [0.29, 0.717) is 24.1 Å². The Morgan fingerprint density at radius 1 is 1.21 bits per heavy atom. The van der Waals surface area contributed by atoms with Crippen LogP contribution in [-0.4, -0.2) is 50.3 Å². The molecule has 0 spiro atoms. The molecule has 0 saturated carbocycles. The van der Waals surface area contributed by atoms with E-state index in [4.69, 9.17) is 11.6 Å². The Kier molecular flexibility index (Phi) is 8.94. The third-order valence-corrected chi connectivity index (χ3v) is 5.76. The topological polar surface area (TPSA) is 100 Å². The van der Waals surface area contributed by atoms with Crippen LogP contribution >= 0.6 is 11.6 Å². The summed E-state index contributed by atoms with van der Waals surface area (Å²) in [6, 6.07) is 8.23. The molecular weight excluding hydrogens is 412 g/mol. The smallest absolute Gasteiger partial charge is 0.240 e. The van der Waals surface area contributed by atoms with E-state index in [1.54, 1.807) is 12.1 Å². The van der Waals surface area contributed by atoms with Gasteiger partial charge in [0.25, 0.3) is 0 Å². The lowest BCUT2D eigenvalue weighted by molar-refractivity contribution is 0.566. The van der Waals surface area contributed by atoms with Gasteiger partial charge in [-0.05, 0) is 51.5 Å². The van der Waals surface area contributed by atoms with Crippen LogP contribution in [-0.2, 0) is 16.6 Å². The van der Waals surface area contributed by atoms with Crippen LogP contribution in [0.3, 0.4) is 0 Å². The summed E-state index contributed by atoms with van der Waals surface area (Å²) in [5.41, 5.74) is 2.16. The van der Waals surface area contributed by atoms with Crippen molar-refractivity contribution in [2.45, 2.75) is 38.6 Å². The Labute approximate surface area is 177 Å². The summed E-state index contributed by atoms with van der Waals surface area (Å²) in [4.78, 5) is 4.68. The first-order valence-electron chi connectivity index (χ1n) is 9.60. The van der Waals surface area contributed by atoms with E-state index in [-0.39, 0.29) is 11.4 Å². The van der Waals surface area contributed by atoms with Gasteiger partial charge in [-0.2, -0.15) is 5.10 Å². The second kappa shape index (κ2) is 11.2. The molecule has 0 unspecified atom stereocenters. The molecule has 0 radical (unpaired) electrons. The van der Waals surface area contributed by atoms with Gasteiger partial charge in [-0.3, -0.25) is 9.67 Å². The predicted octanol–water partition coefficient (Wildman–Crippen LogP) is 2.08. The molecule has 0 amide bonds. The summed E-state index contributed by atoms with van der Waals surface area (Å²) in [5.74, 6) is 0.655. The van der Waals surface area contributed by atoms with Crippen LogP contribution in [0.4, 0.5) is 0 Å². The zero-order chi connectivity index (χ0) is 21.3. The first-order valence-corrected chi connectivity index (χ1v) is 11.5. The lowest BCUT2D eigenvalue weighted by atomic mass is 10.4. The Bertz CT molecular complexity index is 927. The number of aromatic nitrogens is 2. The molecule has 0 atom stereocenters. The zero-order valence-electron chi connectivity index (χ0n) is 17.1. The molecule has 160 valence electrons. The summed E-state index contributed by atoms with van der Waals surface area (Å²) in [6.45, 7) is 8.80. The van der Waals surface area contributed by atoms with Gasteiger partial charge in [0, 0.05) is 43.4 Å². The molecule has 1 aromatic heterocycles. The molecule has 1 aromatic carbocycles. The molecule has 2 rings (SSSR count). The van der Waals surface area contributed by atoms with Crippen LogP contribution in [0, 0.1) is 13.8 Å². The number of hydrogen-bond donors (Lipinski definition) is 3. The van der Waals surface area contributed by atoms with Gasteiger partial charge in [0.1, 0.15) is 0 Å². The maximum absolute atomic E-state index is 12.3. The minimum atomic E-state index is -3.59. The fraction of sp³-hybridized carbons (Fsp3) is 0.474. The minimum Gasteiger partial charge on any atom is -0.357 e. The van der Waals surface area contributed by atoms with Gasteiger partial charge in [-0.25, -0.2) is 13.1 Å². The standard InChI is InChI=1S/C19H29ClN6O2S/c1-4-21-19(22-9-6-12-26-16(3)13-15(2)25-26)23-10-11-24-29(27,28)18-8-5-7-17(20)14-18/h5,7-8,13-14,24H,4,6,9-12H2,1-3H3,(H2,21,22,23). The molecule has 29 heavy (non-hydrogen) atoms. The van der Waals surface area contributed by atoms with Crippen molar-refractivity contribution in [1.29, 1.82) is 0 Å². The van der Waals surface area contributed by atoms with E-state index in [2.05, 4.69) is 31.5 Å². The van der Waals surface area contributed by atoms with Gasteiger partial charge >= 0.3 is 0 Å². The molecule has 8 nitrogen and oxygen atoms in total. The zero-order valence-corrected chi connectivity index (χ0v) is 18.6. The number of nitrogens with zero attached hydrogens (tertiary/aromatic N) is 3. The van der Waals surface area contributed by atoms with E-state index in [1.807, 2.05) is 25.5 Å². The molecule has 0 aliphatic heterocycles. The molecule has 0 aliphatic rings. The number of hydrogen-bond acceptors (Lipinski definition) is 4.